The van der Waals surface area contributed by atoms with Crippen LogP contribution in [0.25, 0.3) is 0 Å². The Kier molecular flexibility index (Phi) is 2.86. The van der Waals surface area contributed by atoms with Crippen molar-refractivity contribution in [2.24, 2.45) is 11.3 Å². The Hall–Kier alpha value is 0.270. The summed E-state index contributed by atoms with van der Waals surface area (Å²) < 4.78 is 5.35. The molecule has 2 aliphatic heterocycles. The van der Waals surface area contributed by atoms with Crippen LogP contribution in [0, 0.1) is 11.3 Å². The lowest BCUT2D eigenvalue weighted by Gasteiger charge is -2.49. The van der Waals surface area contributed by atoms with Gasteiger partial charge >= 0.3 is 0 Å². The first-order valence-corrected chi connectivity index (χ1v) is 5.77. The molecular weight excluding hydrogens is 182 g/mol. The number of ether oxygens (including phenoxy) is 1. The second-order valence-corrected chi connectivity index (χ2v) is 4.93. The van der Waals surface area contributed by atoms with Gasteiger partial charge in [-0.2, -0.15) is 12.6 Å². The fraction of sp³-hybridized carbons (Fsp3) is 1.00. The van der Waals surface area contributed by atoms with Crippen molar-refractivity contribution in [2.75, 3.05) is 39.1 Å². The maximum atomic E-state index is 5.35. The molecule has 2 nitrogen and oxygen atoms in total. The average molecular weight is 201 g/mol. The molecule has 2 saturated heterocycles. The molecule has 13 heavy (non-hydrogen) atoms. The molecule has 2 aliphatic rings. The molecule has 0 aromatic rings. The van der Waals surface area contributed by atoms with Gasteiger partial charge in [-0.05, 0) is 32.4 Å². The maximum absolute atomic E-state index is 5.35. The van der Waals surface area contributed by atoms with Gasteiger partial charge in [-0.15, -0.1) is 0 Å². The van der Waals surface area contributed by atoms with Gasteiger partial charge in [0.2, 0.25) is 0 Å². The summed E-state index contributed by atoms with van der Waals surface area (Å²) in [6.45, 7) is 4.38. The molecule has 1 atom stereocenters. The Balaban J connectivity index is 1.97. The summed E-state index contributed by atoms with van der Waals surface area (Å²) in [7, 11) is 2.22. The molecule has 76 valence electrons. The van der Waals surface area contributed by atoms with Crippen molar-refractivity contribution in [3.05, 3.63) is 0 Å². The molecule has 2 fully saturated rings. The van der Waals surface area contributed by atoms with Gasteiger partial charge in [0.15, 0.2) is 0 Å². The third kappa shape index (κ3) is 1.74. The van der Waals surface area contributed by atoms with Crippen LogP contribution in [0.4, 0.5) is 0 Å². The van der Waals surface area contributed by atoms with Crippen molar-refractivity contribution in [1.82, 2.24) is 4.90 Å². The first-order chi connectivity index (χ1) is 6.27. The van der Waals surface area contributed by atoms with Crippen molar-refractivity contribution in [3.8, 4) is 0 Å². The number of hydrogen-bond acceptors (Lipinski definition) is 3. The van der Waals surface area contributed by atoms with Crippen LogP contribution in [0.5, 0.6) is 0 Å². The second kappa shape index (κ2) is 3.79. The van der Waals surface area contributed by atoms with Gasteiger partial charge < -0.3 is 9.64 Å². The number of nitrogens with zero attached hydrogens (tertiary/aromatic N) is 1. The average Bonchev–Trinajstić information content (AvgIpc) is 2.03. The minimum Gasteiger partial charge on any atom is -0.380 e. The molecule has 2 heterocycles. The van der Waals surface area contributed by atoms with Crippen molar-refractivity contribution in [2.45, 2.75) is 12.8 Å². The van der Waals surface area contributed by atoms with Gasteiger partial charge in [-0.25, -0.2) is 0 Å². The lowest BCUT2D eigenvalue weighted by molar-refractivity contribution is -0.141. The van der Waals surface area contributed by atoms with Crippen molar-refractivity contribution in [3.63, 3.8) is 0 Å². The zero-order chi connectivity index (χ0) is 9.31. The zero-order valence-corrected chi connectivity index (χ0v) is 9.22. The predicted molar refractivity (Wildman–Crippen MR) is 57.3 cm³/mol. The summed E-state index contributed by atoms with van der Waals surface area (Å²) in [6, 6.07) is 0. The van der Waals surface area contributed by atoms with Gasteiger partial charge in [0.25, 0.3) is 0 Å². The van der Waals surface area contributed by atoms with Gasteiger partial charge in [-0.1, -0.05) is 0 Å². The molecule has 1 unspecified atom stereocenters. The summed E-state index contributed by atoms with van der Waals surface area (Å²) in [5, 5.41) is 0. The molecule has 0 aliphatic carbocycles. The van der Waals surface area contributed by atoms with Crippen LogP contribution in [0.2, 0.25) is 0 Å². The Labute approximate surface area is 86.0 Å². The van der Waals surface area contributed by atoms with E-state index in [4.69, 9.17) is 4.74 Å². The lowest BCUT2D eigenvalue weighted by atomic mass is 9.71. The van der Waals surface area contributed by atoms with Crippen LogP contribution in [-0.2, 0) is 4.74 Å². The smallest absolute Gasteiger partial charge is 0.0555 e. The largest absolute Gasteiger partial charge is 0.380 e. The first kappa shape index (κ1) is 9.81. The van der Waals surface area contributed by atoms with Crippen molar-refractivity contribution < 1.29 is 4.74 Å². The Morgan fingerprint density at radius 3 is 2.77 bits per heavy atom. The lowest BCUT2D eigenvalue weighted by Crippen LogP contribution is -2.54. The van der Waals surface area contributed by atoms with Crippen molar-refractivity contribution in [1.29, 1.82) is 0 Å². The molecule has 0 bridgehead atoms. The number of likely N-dealkylation sites (tertiary alicyclic amines) is 1. The van der Waals surface area contributed by atoms with E-state index in [1.54, 1.807) is 0 Å². The summed E-state index contributed by atoms with van der Waals surface area (Å²) in [5.74, 6) is 1.81. The number of thiol groups is 1. The first-order valence-electron chi connectivity index (χ1n) is 5.14. The van der Waals surface area contributed by atoms with E-state index >= 15 is 0 Å². The Morgan fingerprint density at radius 1 is 1.54 bits per heavy atom. The van der Waals surface area contributed by atoms with E-state index in [9.17, 15) is 0 Å². The van der Waals surface area contributed by atoms with Crippen LogP contribution in [0.1, 0.15) is 12.8 Å². The molecule has 2 rings (SSSR count). The molecule has 0 radical (unpaired) electrons. The van der Waals surface area contributed by atoms with Crippen LogP contribution in [0.3, 0.4) is 0 Å². The predicted octanol–water partition coefficient (Wildman–Crippen LogP) is 1.27. The van der Waals surface area contributed by atoms with Crippen LogP contribution in [-0.4, -0.2) is 44.0 Å². The van der Waals surface area contributed by atoms with Crippen molar-refractivity contribution >= 4 is 12.6 Å². The summed E-state index contributed by atoms with van der Waals surface area (Å²) in [4.78, 5) is 2.44. The normalized spacial score (nSPS) is 34.2. The van der Waals surface area contributed by atoms with E-state index < -0.39 is 0 Å². The Morgan fingerprint density at radius 2 is 2.31 bits per heavy atom. The molecule has 0 amide bonds. The highest BCUT2D eigenvalue weighted by Gasteiger charge is 2.45. The summed E-state index contributed by atoms with van der Waals surface area (Å²) >= 11 is 4.47. The maximum Gasteiger partial charge on any atom is 0.0555 e. The Bertz CT molecular complexity index is 176. The molecule has 3 heteroatoms. The zero-order valence-electron chi connectivity index (χ0n) is 8.33. The SMILES string of the molecule is CN1CCCC(C2(CS)COC2)C1. The fourth-order valence-corrected chi connectivity index (χ4v) is 2.93. The summed E-state index contributed by atoms with van der Waals surface area (Å²) in [6.07, 6.45) is 2.71. The van der Waals surface area contributed by atoms with E-state index in [0.717, 1.165) is 24.9 Å². The van der Waals surface area contributed by atoms with Crippen LogP contribution in [0.15, 0.2) is 0 Å². The summed E-state index contributed by atoms with van der Waals surface area (Å²) in [5.41, 5.74) is 0.414. The number of piperidine rings is 1. The van der Waals surface area contributed by atoms with Gasteiger partial charge in [0.05, 0.1) is 13.2 Å². The van der Waals surface area contributed by atoms with Gasteiger partial charge in [-0.3, -0.25) is 0 Å². The molecule has 0 N–H and O–H groups in total. The van der Waals surface area contributed by atoms with Crippen LogP contribution < -0.4 is 0 Å². The van der Waals surface area contributed by atoms with Gasteiger partial charge in [0, 0.05) is 17.7 Å². The van der Waals surface area contributed by atoms with E-state index in [0.29, 0.717) is 5.41 Å². The third-order valence-corrected chi connectivity index (χ3v) is 4.21. The highest BCUT2D eigenvalue weighted by Crippen LogP contribution is 2.41. The van der Waals surface area contributed by atoms with E-state index in [1.165, 1.54) is 25.9 Å². The van der Waals surface area contributed by atoms with E-state index in [-0.39, 0.29) is 0 Å². The second-order valence-electron chi connectivity index (χ2n) is 4.61. The third-order valence-electron chi connectivity index (χ3n) is 3.58. The van der Waals surface area contributed by atoms with Gasteiger partial charge in [0.1, 0.15) is 0 Å². The molecule has 0 saturated carbocycles. The van der Waals surface area contributed by atoms with E-state index in [1.807, 2.05) is 0 Å². The topological polar surface area (TPSA) is 12.5 Å². The van der Waals surface area contributed by atoms with E-state index in [2.05, 4.69) is 24.6 Å². The standard InChI is InChI=1S/C10H19NOS/c1-11-4-2-3-9(5-11)10(8-13)6-12-7-10/h9,13H,2-8H2,1H3. The monoisotopic (exact) mass is 201 g/mol. The molecule has 0 aromatic carbocycles. The molecule has 0 aromatic heterocycles. The number of rotatable bonds is 2. The quantitative estimate of drug-likeness (QED) is 0.676. The minimum atomic E-state index is 0.414. The molecule has 0 spiro atoms. The highest BCUT2D eigenvalue weighted by molar-refractivity contribution is 7.80. The number of hydrogen-bond donors (Lipinski definition) is 1. The fourth-order valence-electron chi connectivity index (χ4n) is 2.49. The highest BCUT2D eigenvalue weighted by atomic mass is 32.1. The molecular formula is C10H19NOS. The minimum absolute atomic E-state index is 0.414. The van der Waals surface area contributed by atoms with Crippen LogP contribution >= 0.6 is 12.6 Å².